The second kappa shape index (κ2) is 5.00. The van der Waals surface area contributed by atoms with Crippen molar-refractivity contribution in [2.24, 2.45) is 0 Å². The minimum Gasteiger partial charge on any atom is -0.358 e. The summed E-state index contributed by atoms with van der Waals surface area (Å²) in [7, 11) is 1.82. The largest absolute Gasteiger partial charge is 0.358 e. The number of carbonyl (C=O) groups is 2. The van der Waals surface area contributed by atoms with Gasteiger partial charge in [-0.2, -0.15) is 0 Å². The third-order valence-corrected chi connectivity index (χ3v) is 4.94. The molecule has 2 aliphatic heterocycles. The number of rotatable bonds is 2. The van der Waals surface area contributed by atoms with Crippen molar-refractivity contribution >= 4 is 23.2 Å². The number of piperidine rings is 1. The number of hydrogen-bond acceptors (Lipinski definition) is 3. The van der Waals surface area contributed by atoms with Gasteiger partial charge in [0.25, 0.3) is 5.91 Å². The van der Waals surface area contributed by atoms with Gasteiger partial charge < -0.3 is 15.1 Å². The second-order valence-electron chi connectivity index (χ2n) is 6.55. The van der Waals surface area contributed by atoms with Crippen LogP contribution in [0, 0.1) is 0 Å². The molecule has 0 bridgehead atoms. The number of fused-ring (bicyclic) bond motifs is 3. The van der Waals surface area contributed by atoms with Crippen molar-refractivity contribution in [3.63, 3.8) is 0 Å². The van der Waals surface area contributed by atoms with E-state index in [2.05, 4.69) is 10.2 Å². The van der Waals surface area contributed by atoms with Crippen molar-refractivity contribution in [3.05, 3.63) is 23.8 Å². The topological polar surface area (TPSA) is 52.7 Å². The standard InChI is InChI=1S/C17H21N3O2/c1-19-15-10-11(16(21)18-12-6-7-12)5-8-13(15)20-9-3-2-4-14(20)17(19)22/h5,8,10,12,14H,2-4,6-7,9H2,1H3,(H,18,21). The van der Waals surface area contributed by atoms with Crippen LogP contribution in [-0.2, 0) is 4.79 Å². The number of benzene rings is 1. The molecule has 1 atom stereocenters. The number of likely N-dealkylation sites (N-methyl/N-ethyl adjacent to an activating group) is 1. The molecule has 1 saturated carbocycles. The highest BCUT2D eigenvalue weighted by molar-refractivity contribution is 6.07. The van der Waals surface area contributed by atoms with Crippen LogP contribution in [0.4, 0.5) is 11.4 Å². The van der Waals surface area contributed by atoms with E-state index in [1.54, 1.807) is 4.90 Å². The molecular weight excluding hydrogens is 278 g/mol. The molecule has 0 radical (unpaired) electrons. The zero-order valence-corrected chi connectivity index (χ0v) is 12.8. The third-order valence-electron chi connectivity index (χ3n) is 4.94. The molecule has 116 valence electrons. The molecule has 5 nitrogen and oxygen atoms in total. The predicted octanol–water partition coefficient (Wildman–Crippen LogP) is 1.91. The van der Waals surface area contributed by atoms with Gasteiger partial charge in [0.05, 0.1) is 11.4 Å². The first kappa shape index (κ1) is 13.6. The lowest BCUT2D eigenvalue weighted by Gasteiger charge is -2.44. The van der Waals surface area contributed by atoms with Gasteiger partial charge in [-0.15, -0.1) is 0 Å². The molecule has 4 rings (SSSR count). The van der Waals surface area contributed by atoms with Crippen molar-refractivity contribution in [2.75, 3.05) is 23.4 Å². The predicted molar refractivity (Wildman–Crippen MR) is 85.3 cm³/mol. The second-order valence-corrected chi connectivity index (χ2v) is 6.55. The Balaban J connectivity index is 1.69. The van der Waals surface area contributed by atoms with Crippen LogP contribution < -0.4 is 15.1 Å². The maximum Gasteiger partial charge on any atom is 0.251 e. The molecule has 0 spiro atoms. The van der Waals surface area contributed by atoms with Gasteiger partial charge in [-0.3, -0.25) is 9.59 Å². The highest BCUT2D eigenvalue weighted by atomic mass is 16.2. The highest BCUT2D eigenvalue weighted by Gasteiger charge is 2.38. The molecule has 2 amide bonds. The van der Waals surface area contributed by atoms with Gasteiger partial charge in [0, 0.05) is 25.2 Å². The average molecular weight is 299 g/mol. The summed E-state index contributed by atoms with van der Waals surface area (Å²) in [4.78, 5) is 28.7. The molecule has 5 heteroatoms. The minimum absolute atomic E-state index is 0.0302. The van der Waals surface area contributed by atoms with E-state index in [1.165, 1.54) is 0 Å². The summed E-state index contributed by atoms with van der Waals surface area (Å²) in [5.74, 6) is 0.110. The first-order valence-electron chi connectivity index (χ1n) is 8.14. The summed E-state index contributed by atoms with van der Waals surface area (Å²) in [5, 5.41) is 3.00. The van der Waals surface area contributed by atoms with E-state index in [0.29, 0.717) is 11.6 Å². The molecule has 1 N–H and O–H groups in total. The van der Waals surface area contributed by atoms with Crippen molar-refractivity contribution in [3.8, 4) is 0 Å². The summed E-state index contributed by atoms with van der Waals surface area (Å²) in [6.07, 6.45) is 5.30. The average Bonchev–Trinajstić information content (AvgIpc) is 3.36. The van der Waals surface area contributed by atoms with Gasteiger partial charge in [-0.1, -0.05) is 0 Å². The summed E-state index contributed by atoms with van der Waals surface area (Å²) in [5.41, 5.74) is 2.57. The summed E-state index contributed by atoms with van der Waals surface area (Å²) < 4.78 is 0. The van der Waals surface area contributed by atoms with E-state index in [-0.39, 0.29) is 17.9 Å². The normalized spacial score (nSPS) is 23.9. The smallest absolute Gasteiger partial charge is 0.251 e. The Hall–Kier alpha value is -2.04. The van der Waals surface area contributed by atoms with Crippen LogP contribution >= 0.6 is 0 Å². The van der Waals surface area contributed by atoms with Crippen LogP contribution in [0.2, 0.25) is 0 Å². The fraction of sp³-hybridized carbons (Fsp3) is 0.529. The van der Waals surface area contributed by atoms with Gasteiger partial charge in [0.15, 0.2) is 0 Å². The van der Waals surface area contributed by atoms with E-state index in [1.807, 2.05) is 25.2 Å². The first-order chi connectivity index (χ1) is 10.6. The van der Waals surface area contributed by atoms with Crippen molar-refractivity contribution < 1.29 is 9.59 Å². The lowest BCUT2D eigenvalue weighted by Crippen LogP contribution is -2.54. The fourth-order valence-corrected chi connectivity index (χ4v) is 3.49. The molecule has 22 heavy (non-hydrogen) atoms. The van der Waals surface area contributed by atoms with E-state index in [9.17, 15) is 9.59 Å². The fourth-order valence-electron chi connectivity index (χ4n) is 3.49. The lowest BCUT2D eigenvalue weighted by atomic mass is 9.96. The Morgan fingerprint density at radius 1 is 1.18 bits per heavy atom. The van der Waals surface area contributed by atoms with E-state index in [4.69, 9.17) is 0 Å². The first-order valence-corrected chi connectivity index (χ1v) is 8.14. The van der Waals surface area contributed by atoms with Crippen molar-refractivity contribution in [2.45, 2.75) is 44.2 Å². The molecule has 2 fully saturated rings. The number of anilines is 2. The Bertz CT molecular complexity index is 639. The number of nitrogens with zero attached hydrogens (tertiary/aromatic N) is 2. The van der Waals surface area contributed by atoms with E-state index < -0.39 is 0 Å². The maximum atomic E-state index is 12.6. The molecule has 1 aromatic carbocycles. The van der Waals surface area contributed by atoms with Gasteiger partial charge in [0.2, 0.25) is 5.91 Å². The van der Waals surface area contributed by atoms with Crippen molar-refractivity contribution in [1.29, 1.82) is 0 Å². The van der Waals surface area contributed by atoms with Crippen LogP contribution in [-0.4, -0.2) is 37.5 Å². The van der Waals surface area contributed by atoms with Gasteiger partial charge in [-0.25, -0.2) is 0 Å². The minimum atomic E-state index is -0.0353. The van der Waals surface area contributed by atoms with Crippen LogP contribution in [0.15, 0.2) is 18.2 Å². The number of carbonyl (C=O) groups excluding carboxylic acids is 2. The summed E-state index contributed by atoms with van der Waals surface area (Å²) in [6.45, 7) is 0.921. The zero-order valence-electron chi connectivity index (χ0n) is 12.8. The molecular formula is C17H21N3O2. The van der Waals surface area contributed by atoms with Crippen LogP contribution in [0.3, 0.4) is 0 Å². The van der Waals surface area contributed by atoms with Crippen LogP contribution in [0.1, 0.15) is 42.5 Å². The number of amides is 2. The Morgan fingerprint density at radius 3 is 2.77 bits per heavy atom. The van der Waals surface area contributed by atoms with E-state index in [0.717, 1.165) is 50.0 Å². The Morgan fingerprint density at radius 2 is 2.00 bits per heavy atom. The SMILES string of the molecule is CN1C(=O)C2CCCCN2c2ccc(C(=O)NC3CC3)cc21. The third kappa shape index (κ3) is 2.16. The number of hydrogen-bond donors (Lipinski definition) is 1. The quantitative estimate of drug-likeness (QED) is 0.907. The van der Waals surface area contributed by atoms with Crippen LogP contribution in [0.25, 0.3) is 0 Å². The molecule has 0 aromatic heterocycles. The Labute approximate surface area is 130 Å². The monoisotopic (exact) mass is 299 g/mol. The molecule has 2 heterocycles. The highest BCUT2D eigenvalue weighted by Crippen LogP contribution is 2.39. The lowest BCUT2D eigenvalue weighted by molar-refractivity contribution is -0.120. The van der Waals surface area contributed by atoms with Gasteiger partial charge in [-0.05, 0) is 50.3 Å². The van der Waals surface area contributed by atoms with Gasteiger partial charge >= 0.3 is 0 Å². The summed E-state index contributed by atoms with van der Waals surface area (Å²) in [6, 6.07) is 6.05. The molecule has 3 aliphatic rings. The zero-order chi connectivity index (χ0) is 15.3. The molecule has 1 aromatic rings. The van der Waals surface area contributed by atoms with Crippen molar-refractivity contribution in [1.82, 2.24) is 5.32 Å². The molecule has 1 unspecified atom stereocenters. The summed E-state index contributed by atoms with van der Waals surface area (Å²) >= 11 is 0. The maximum absolute atomic E-state index is 12.6. The number of nitrogens with one attached hydrogen (secondary N) is 1. The molecule has 1 saturated heterocycles. The molecule has 1 aliphatic carbocycles. The van der Waals surface area contributed by atoms with Crippen LogP contribution in [0.5, 0.6) is 0 Å². The Kier molecular flexibility index (Phi) is 3.10. The van der Waals surface area contributed by atoms with E-state index >= 15 is 0 Å². The van der Waals surface area contributed by atoms with Gasteiger partial charge in [0.1, 0.15) is 6.04 Å².